The molecule has 2 heterocycles. The Balaban J connectivity index is 1.76. The molecule has 1 saturated carbocycles. The molecule has 1 amide bonds. The summed E-state index contributed by atoms with van der Waals surface area (Å²) in [7, 11) is 1.61. The molecule has 0 spiro atoms. The largest absolute Gasteiger partial charge is 0.760 e. The van der Waals surface area contributed by atoms with E-state index in [2.05, 4.69) is 19.2 Å². The number of carbonyl (C=O) groups is 1. The van der Waals surface area contributed by atoms with E-state index in [9.17, 15) is 13.6 Å². The molecule has 1 N–H and O–H groups in total. The number of aromatic nitrogens is 1. The van der Waals surface area contributed by atoms with Crippen LogP contribution in [0.2, 0.25) is 0 Å². The lowest BCUT2D eigenvalue weighted by molar-refractivity contribution is 0.0964. The molecule has 3 aromatic rings. The third-order valence-electron chi connectivity index (χ3n) is 6.69. The summed E-state index contributed by atoms with van der Waals surface area (Å²) in [6.07, 6.45) is 7.01. The Kier molecular flexibility index (Phi) is 8.36. The van der Waals surface area contributed by atoms with Gasteiger partial charge >= 0.3 is 0 Å². The van der Waals surface area contributed by atoms with Gasteiger partial charge in [-0.1, -0.05) is 57.4 Å². The minimum atomic E-state index is -2.34. The molecule has 7 nitrogen and oxygen atoms in total. The second-order valence-corrected chi connectivity index (χ2v) is 10.2. The van der Waals surface area contributed by atoms with E-state index in [0.717, 1.165) is 56.1 Å². The maximum atomic E-state index is 12.9. The molecule has 1 aromatic carbocycles. The molecule has 1 aliphatic rings. The second-order valence-electron chi connectivity index (χ2n) is 9.23. The van der Waals surface area contributed by atoms with E-state index in [-0.39, 0.29) is 12.5 Å². The number of unbranched alkanes of at least 4 members (excludes halogenated alkanes) is 3. The van der Waals surface area contributed by atoms with E-state index in [1.165, 1.54) is 9.87 Å². The highest BCUT2D eigenvalue weighted by Gasteiger charge is 2.31. The van der Waals surface area contributed by atoms with Gasteiger partial charge in [0.15, 0.2) is 0 Å². The third-order valence-corrected chi connectivity index (χ3v) is 7.42. The molecule has 1 atom stereocenters. The van der Waals surface area contributed by atoms with E-state index in [4.69, 9.17) is 9.40 Å². The van der Waals surface area contributed by atoms with Crippen LogP contribution in [0.4, 0.5) is 0 Å². The first-order valence-electron chi connectivity index (χ1n) is 12.6. The zero-order valence-electron chi connectivity index (χ0n) is 20.8. The molecule has 2 aromatic heterocycles. The Morgan fingerprint density at radius 2 is 1.94 bits per heavy atom. The first kappa shape index (κ1) is 25.5. The molecule has 1 unspecified atom stereocenters. The molecule has 0 aliphatic heterocycles. The fraction of sp³-hybridized carbons (Fsp3) is 0.481. The van der Waals surface area contributed by atoms with E-state index >= 15 is 0 Å². The molecule has 4 rings (SSSR count). The highest BCUT2D eigenvalue weighted by atomic mass is 32.2. The first-order valence-corrected chi connectivity index (χ1v) is 13.6. The summed E-state index contributed by atoms with van der Waals surface area (Å²) in [4.78, 5) is 17.7. The quantitative estimate of drug-likeness (QED) is 0.265. The monoisotopic (exact) mass is 496 g/mol. The van der Waals surface area contributed by atoms with E-state index < -0.39 is 11.3 Å². The number of aryl methyl sites for hydroxylation is 1. The Morgan fingerprint density at radius 3 is 2.54 bits per heavy atom. The number of hydrogen-bond donors (Lipinski definition) is 1. The normalized spacial score (nSPS) is 14.5. The fourth-order valence-corrected chi connectivity index (χ4v) is 4.99. The van der Waals surface area contributed by atoms with Crippen LogP contribution in [0.15, 0.2) is 34.7 Å². The van der Waals surface area contributed by atoms with Gasteiger partial charge < -0.3 is 14.3 Å². The maximum Gasteiger partial charge on any atom is 0.255 e. The number of nitrogens with zero attached hydrogens (tertiary/aromatic N) is 2. The summed E-state index contributed by atoms with van der Waals surface area (Å²) in [6, 6.07) is 9.99. The topological polar surface area (TPSA) is 98.5 Å². The van der Waals surface area contributed by atoms with Crippen molar-refractivity contribution in [2.45, 2.75) is 71.3 Å². The second kappa shape index (κ2) is 11.5. The van der Waals surface area contributed by atoms with Gasteiger partial charge in [-0.15, -0.1) is 0 Å². The highest BCUT2D eigenvalue weighted by Crippen LogP contribution is 2.44. The van der Waals surface area contributed by atoms with Gasteiger partial charge in [0.25, 0.3) is 5.91 Å². The number of rotatable bonds is 12. The van der Waals surface area contributed by atoms with Crippen molar-refractivity contribution >= 4 is 28.3 Å². The molecular formula is C27H34N3O4S-. The van der Waals surface area contributed by atoms with Gasteiger partial charge in [-0.3, -0.25) is 9.00 Å². The predicted octanol–water partition coefficient (Wildman–Crippen LogP) is 5.47. The molecule has 0 radical (unpaired) electrons. The summed E-state index contributed by atoms with van der Waals surface area (Å²) in [5.41, 5.74) is 4.57. The summed E-state index contributed by atoms with van der Waals surface area (Å²) in [5.74, 6) is 0.591. The van der Waals surface area contributed by atoms with Crippen LogP contribution in [0.5, 0.6) is 0 Å². The van der Waals surface area contributed by atoms with Crippen molar-refractivity contribution in [3.05, 3.63) is 52.7 Å². The van der Waals surface area contributed by atoms with Crippen LogP contribution in [0.1, 0.15) is 85.5 Å². The van der Waals surface area contributed by atoms with Crippen molar-refractivity contribution in [2.24, 2.45) is 0 Å². The summed E-state index contributed by atoms with van der Waals surface area (Å²) in [6.45, 7) is 4.91. The van der Waals surface area contributed by atoms with Crippen molar-refractivity contribution in [1.82, 2.24) is 14.6 Å². The average molecular weight is 497 g/mol. The van der Waals surface area contributed by atoms with Gasteiger partial charge in [0.05, 0.1) is 23.2 Å². The zero-order chi connectivity index (χ0) is 24.9. The van der Waals surface area contributed by atoms with Crippen LogP contribution >= 0.6 is 0 Å². The van der Waals surface area contributed by atoms with E-state index in [1.54, 1.807) is 7.05 Å². The SMILES string of the molecule is CCCCCCN(Cc1nc2oc(-c3ccc(CC)cc3)c(C(=O)NC)c2cc1C1CC1)S(=O)[O-]. The minimum absolute atomic E-state index is 0.209. The Bertz CT molecular complexity index is 1200. The van der Waals surface area contributed by atoms with Gasteiger partial charge in [0, 0.05) is 30.4 Å². The Labute approximate surface area is 209 Å². The highest BCUT2D eigenvalue weighted by molar-refractivity contribution is 7.76. The van der Waals surface area contributed by atoms with Gasteiger partial charge in [-0.05, 0) is 48.8 Å². The van der Waals surface area contributed by atoms with Crippen LogP contribution in [0.3, 0.4) is 0 Å². The Morgan fingerprint density at radius 1 is 1.20 bits per heavy atom. The van der Waals surface area contributed by atoms with Gasteiger partial charge in [-0.25, -0.2) is 9.29 Å². The molecule has 0 bridgehead atoms. The number of fused-ring (bicyclic) bond motifs is 1. The first-order chi connectivity index (χ1) is 17.0. The van der Waals surface area contributed by atoms with Crippen molar-refractivity contribution in [3.63, 3.8) is 0 Å². The fourth-order valence-electron chi connectivity index (χ4n) is 4.48. The lowest BCUT2D eigenvalue weighted by Gasteiger charge is -2.24. The van der Waals surface area contributed by atoms with Gasteiger partial charge in [0.2, 0.25) is 5.71 Å². The third kappa shape index (κ3) is 5.82. The van der Waals surface area contributed by atoms with E-state index in [0.29, 0.717) is 40.6 Å². The average Bonchev–Trinajstić information content (AvgIpc) is 3.65. The van der Waals surface area contributed by atoms with E-state index in [1.807, 2.05) is 30.3 Å². The van der Waals surface area contributed by atoms with Crippen LogP contribution < -0.4 is 5.32 Å². The summed E-state index contributed by atoms with van der Waals surface area (Å²) >= 11 is -2.34. The molecule has 0 saturated heterocycles. The molecule has 1 aliphatic carbocycles. The van der Waals surface area contributed by atoms with Crippen molar-refractivity contribution < 1.29 is 18.0 Å². The number of nitrogens with one attached hydrogen (secondary N) is 1. The van der Waals surface area contributed by atoms with Gasteiger partial charge in [0.1, 0.15) is 5.76 Å². The number of carbonyl (C=O) groups excluding carboxylic acids is 1. The van der Waals surface area contributed by atoms with Crippen LogP contribution in [-0.2, 0) is 24.2 Å². The summed E-state index contributed by atoms with van der Waals surface area (Å²) < 4.78 is 31.6. The maximum absolute atomic E-state index is 12.9. The Hall–Kier alpha value is -2.55. The van der Waals surface area contributed by atoms with Crippen LogP contribution in [-0.4, -0.2) is 37.6 Å². The standard InChI is InChI=1S/C27H35N3O4S/c1-4-6-7-8-15-30(35(32)33)17-23-21(19-13-14-19)16-22-24(26(31)28-3)25(34-27(22)29-23)20-11-9-18(5-2)10-12-20/h9-12,16,19H,4-8,13-15,17H2,1-3H3,(H,28,31)(H,32,33)/p-1. The number of hydrogen-bond acceptors (Lipinski definition) is 5. The molecule has 35 heavy (non-hydrogen) atoms. The minimum Gasteiger partial charge on any atom is -0.760 e. The number of furan rings is 1. The van der Waals surface area contributed by atoms with Crippen molar-refractivity contribution in [3.8, 4) is 11.3 Å². The zero-order valence-corrected chi connectivity index (χ0v) is 21.6. The van der Waals surface area contributed by atoms with Crippen LogP contribution in [0.25, 0.3) is 22.4 Å². The molecule has 188 valence electrons. The number of amides is 1. The smallest absolute Gasteiger partial charge is 0.255 e. The number of pyridine rings is 1. The summed E-state index contributed by atoms with van der Waals surface area (Å²) in [5, 5.41) is 3.40. The predicted molar refractivity (Wildman–Crippen MR) is 138 cm³/mol. The molecule has 8 heteroatoms. The van der Waals surface area contributed by atoms with Gasteiger partial charge in [-0.2, -0.15) is 0 Å². The van der Waals surface area contributed by atoms with Crippen molar-refractivity contribution in [2.75, 3.05) is 13.6 Å². The number of benzene rings is 1. The van der Waals surface area contributed by atoms with Crippen LogP contribution in [0, 0.1) is 0 Å². The lowest BCUT2D eigenvalue weighted by Crippen LogP contribution is -2.27. The molecule has 1 fully saturated rings. The van der Waals surface area contributed by atoms with Crippen molar-refractivity contribution in [1.29, 1.82) is 0 Å². The lowest BCUT2D eigenvalue weighted by atomic mass is 10.0. The molecular weight excluding hydrogens is 462 g/mol.